The monoisotopic (exact) mass is 256 g/mol. The summed E-state index contributed by atoms with van der Waals surface area (Å²) in [5.74, 6) is -0.734. The van der Waals surface area contributed by atoms with Gasteiger partial charge in [0.15, 0.2) is 0 Å². The molecule has 4 heteroatoms. The first kappa shape index (κ1) is 13.2. The Morgan fingerprint density at radius 3 is 2.47 bits per heavy atom. The summed E-state index contributed by atoms with van der Waals surface area (Å²) < 4.78 is 0. The number of hydrogen-bond donors (Lipinski definition) is 1. The predicted molar refractivity (Wildman–Crippen MR) is 71.7 cm³/mol. The van der Waals surface area contributed by atoms with E-state index in [0.717, 1.165) is 11.1 Å². The summed E-state index contributed by atoms with van der Waals surface area (Å²) in [5, 5.41) is 9.33. The van der Waals surface area contributed by atoms with E-state index in [1.54, 1.807) is 18.5 Å². The molecule has 2 aromatic rings. The average molecular weight is 256 g/mol. The molecule has 0 aliphatic carbocycles. The van der Waals surface area contributed by atoms with Gasteiger partial charge in [0.05, 0.1) is 5.92 Å². The second-order valence-corrected chi connectivity index (χ2v) is 4.53. The lowest BCUT2D eigenvalue weighted by Gasteiger charge is -2.13. The van der Waals surface area contributed by atoms with E-state index in [4.69, 9.17) is 0 Å². The molecule has 98 valence electrons. The second kappa shape index (κ2) is 6.09. The minimum Gasteiger partial charge on any atom is -0.481 e. The summed E-state index contributed by atoms with van der Waals surface area (Å²) in [6.07, 6.45) is 4.12. The molecule has 0 aliphatic heterocycles. The quantitative estimate of drug-likeness (QED) is 0.891. The lowest BCUT2D eigenvalue weighted by Crippen LogP contribution is -2.20. The van der Waals surface area contributed by atoms with Crippen LogP contribution in [0.15, 0.2) is 42.7 Å². The van der Waals surface area contributed by atoms with Gasteiger partial charge in [0.25, 0.3) is 0 Å². The van der Waals surface area contributed by atoms with E-state index in [9.17, 15) is 9.90 Å². The Bertz CT molecular complexity index is 555. The maximum absolute atomic E-state index is 11.4. The summed E-state index contributed by atoms with van der Waals surface area (Å²) in [6.45, 7) is 1.99. The van der Waals surface area contributed by atoms with Crippen molar-refractivity contribution in [2.45, 2.75) is 19.8 Å². The topological polar surface area (TPSA) is 63.1 Å². The van der Waals surface area contributed by atoms with Crippen molar-refractivity contribution in [2.75, 3.05) is 0 Å². The first-order valence-electron chi connectivity index (χ1n) is 6.20. The van der Waals surface area contributed by atoms with Gasteiger partial charge in [0.1, 0.15) is 5.82 Å². The van der Waals surface area contributed by atoms with Gasteiger partial charge in [-0.2, -0.15) is 0 Å². The highest BCUT2D eigenvalue weighted by atomic mass is 16.4. The molecule has 0 spiro atoms. The highest BCUT2D eigenvalue weighted by Crippen LogP contribution is 2.16. The van der Waals surface area contributed by atoms with Crippen LogP contribution in [0.1, 0.15) is 17.0 Å². The lowest BCUT2D eigenvalue weighted by molar-refractivity contribution is -0.141. The van der Waals surface area contributed by atoms with Crippen molar-refractivity contribution in [2.24, 2.45) is 5.92 Å². The molecule has 0 saturated carbocycles. The third-order valence-electron chi connectivity index (χ3n) is 3.13. The van der Waals surface area contributed by atoms with Crippen LogP contribution >= 0.6 is 0 Å². The van der Waals surface area contributed by atoms with E-state index < -0.39 is 11.9 Å². The molecule has 2 rings (SSSR count). The molecule has 0 bridgehead atoms. The first-order chi connectivity index (χ1) is 9.16. The van der Waals surface area contributed by atoms with Crippen molar-refractivity contribution >= 4 is 5.97 Å². The summed E-state index contributed by atoms with van der Waals surface area (Å²) in [7, 11) is 0. The van der Waals surface area contributed by atoms with Gasteiger partial charge >= 0.3 is 5.97 Å². The van der Waals surface area contributed by atoms with Crippen LogP contribution in [0.5, 0.6) is 0 Å². The third-order valence-corrected chi connectivity index (χ3v) is 3.13. The Morgan fingerprint density at radius 2 is 1.84 bits per heavy atom. The highest BCUT2D eigenvalue weighted by molar-refractivity contribution is 5.70. The van der Waals surface area contributed by atoms with Gasteiger partial charge in [0.2, 0.25) is 0 Å². The molecular formula is C15H16N2O2. The number of hydrogen-bond acceptors (Lipinski definition) is 3. The minimum atomic E-state index is -0.810. The molecule has 1 atom stereocenters. The standard InChI is InChI=1S/C15H16N2O2/c1-11-5-2-3-6-12(11)9-13(15(18)19)10-14-16-7-4-8-17-14/h2-8,13H,9-10H2,1H3,(H,18,19). The molecule has 1 aromatic heterocycles. The molecule has 19 heavy (non-hydrogen) atoms. The van der Waals surface area contributed by atoms with Crippen LogP contribution in [0.2, 0.25) is 0 Å². The Morgan fingerprint density at radius 1 is 1.16 bits per heavy atom. The number of aliphatic carboxylic acids is 1. The van der Waals surface area contributed by atoms with Crippen LogP contribution in [-0.4, -0.2) is 21.0 Å². The van der Waals surface area contributed by atoms with Crippen LogP contribution < -0.4 is 0 Å². The summed E-state index contributed by atoms with van der Waals surface area (Å²) in [5.41, 5.74) is 2.17. The lowest BCUT2D eigenvalue weighted by atomic mass is 9.93. The largest absolute Gasteiger partial charge is 0.481 e. The zero-order chi connectivity index (χ0) is 13.7. The van der Waals surface area contributed by atoms with Gasteiger partial charge in [-0.1, -0.05) is 24.3 Å². The van der Waals surface area contributed by atoms with Gasteiger partial charge in [0, 0.05) is 18.8 Å². The number of carbonyl (C=O) groups is 1. The first-order valence-corrected chi connectivity index (χ1v) is 6.20. The Balaban J connectivity index is 2.13. The molecule has 0 aliphatic rings. The van der Waals surface area contributed by atoms with Gasteiger partial charge in [-0.3, -0.25) is 4.79 Å². The fourth-order valence-corrected chi connectivity index (χ4v) is 2.01. The number of carboxylic acids is 1. The van der Waals surface area contributed by atoms with Gasteiger partial charge in [-0.25, -0.2) is 9.97 Å². The number of aromatic nitrogens is 2. The number of rotatable bonds is 5. The van der Waals surface area contributed by atoms with E-state index in [2.05, 4.69) is 9.97 Å². The molecule has 1 aromatic carbocycles. The van der Waals surface area contributed by atoms with Crippen LogP contribution in [0.25, 0.3) is 0 Å². The Hall–Kier alpha value is -2.23. The summed E-state index contributed by atoms with van der Waals surface area (Å²) >= 11 is 0. The number of carboxylic acid groups (broad SMARTS) is 1. The van der Waals surface area contributed by atoms with Crippen LogP contribution in [-0.2, 0) is 17.6 Å². The molecule has 0 amide bonds. The van der Waals surface area contributed by atoms with Crippen molar-refractivity contribution in [3.63, 3.8) is 0 Å². The maximum atomic E-state index is 11.4. The van der Waals surface area contributed by atoms with E-state index in [0.29, 0.717) is 18.7 Å². The molecule has 0 fully saturated rings. The van der Waals surface area contributed by atoms with Crippen molar-refractivity contribution < 1.29 is 9.90 Å². The van der Waals surface area contributed by atoms with Crippen molar-refractivity contribution in [3.05, 3.63) is 59.7 Å². The van der Waals surface area contributed by atoms with Crippen LogP contribution in [0.4, 0.5) is 0 Å². The van der Waals surface area contributed by atoms with Gasteiger partial charge in [-0.05, 0) is 30.5 Å². The molecule has 1 heterocycles. The van der Waals surface area contributed by atoms with Crippen molar-refractivity contribution in [1.82, 2.24) is 9.97 Å². The summed E-state index contributed by atoms with van der Waals surface area (Å²) in [4.78, 5) is 19.5. The fourth-order valence-electron chi connectivity index (χ4n) is 2.01. The van der Waals surface area contributed by atoms with Crippen LogP contribution in [0, 0.1) is 12.8 Å². The van der Waals surface area contributed by atoms with E-state index in [1.807, 2.05) is 31.2 Å². The molecule has 4 nitrogen and oxygen atoms in total. The molecular weight excluding hydrogens is 240 g/mol. The van der Waals surface area contributed by atoms with E-state index in [-0.39, 0.29) is 0 Å². The third kappa shape index (κ3) is 3.61. The molecule has 0 saturated heterocycles. The van der Waals surface area contributed by atoms with Crippen molar-refractivity contribution in [1.29, 1.82) is 0 Å². The highest BCUT2D eigenvalue weighted by Gasteiger charge is 2.20. The second-order valence-electron chi connectivity index (χ2n) is 4.53. The van der Waals surface area contributed by atoms with Crippen molar-refractivity contribution in [3.8, 4) is 0 Å². The zero-order valence-electron chi connectivity index (χ0n) is 10.8. The Kier molecular flexibility index (Phi) is 4.23. The van der Waals surface area contributed by atoms with Crippen LogP contribution in [0.3, 0.4) is 0 Å². The number of nitrogens with zero attached hydrogens (tertiary/aromatic N) is 2. The molecule has 1 N–H and O–H groups in total. The molecule has 1 unspecified atom stereocenters. The summed E-state index contributed by atoms with van der Waals surface area (Å²) in [6, 6.07) is 9.57. The van der Waals surface area contributed by atoms with E-state index in [1.165, 1.54) is 0 Å². The SMILES string of the molecule is Cc1ccccc1CC(Cc1ncccn1)C(=O)O. The number of aryl methyl sites for hydroxylation is 1. The average Bonchev–Trinajstić information content (AvgIpc) is 2.41. The Labute approximate surface area is 112 Å². The van der Waals surface area contributed by atoms with E-state index >= 15 is 0 Å². The predicted octanol–water partition coefficient (Wildman–Crippen LogP) is 2.27. The zero-order valence-corrected chi connectivity index (χ0v) is 10.8. The normalized spacial score (nSPS) is 12.1. The fraction of sp³-hybridized carbons (Fsp3) is 0.267. The van der Waals surface area contributed by atoms with Gasteiger partial charge < -0.3 is 5.11 Å². The van der Waals surface area contributed by atoms with Gasteiger partial charge in [-0.15, -0.1) is 0 Å². The minimum absolute atomic E-state index is 0.352. The smallest absolute Gasteiger partial charge is 0.307 e. The number of benzene rings is 1. The maximum Gasteiger partial charge on any atom is 0.307 e. The molecule has 0 radical (unpaired) electrons.